The van der Waals surface area contributed by atoms with Gasteiger partial charge in [-0.3, -0.25) is 0 Å². The van der Waals surface area contributed by atoms with Crippen LogP contribution in [-0.4, -0.2) is 0 Å². The van der Waals surface area contributed by atoms with Crippen molar-refractivity contribution in [1.29, 1.82) is 0 Å². The molecule has 0 atom stereocenters. The lowest BCUT2D eigenvalue weighted by atomic mass is 10.0. The van der Waals surface area contributed by atoms with Gasteiger partial charge in [0, 0.05) is 4.47 Å². The average Bonchev–Trinajstić information content (AvgIpc) is 1.85. The van der Waals surface area contributed by atoms with Gasteiger partial charge in [0.05, 0.1) is 0 Å². The van der Waals surface area contributed by atoms with Gasteiger partial charge in [0.2, 0.25) is 0 Å². The first-order chi connectivity index (χ1) is 5.09. The van der Waals surface area contributed by atoms with E-state index in [1.165, 1.54) is 6.07 Å². The number of hydrogen-bond acceptors (Lipinski definition) is 0. The minimum atomic E-state index is -0.178. The summed E-state index contributed by atoms with van der Waals surface area (Å²) in [6.45, 7) is 4.09. The Kier molecular flexibility index (Phi) is 2.66. The Balaban J connectivity index is 3.08. The molecule has 0 aliphatic heterocycles. The Morgan fingerprint density at radius 1 is 1.27 bits per heavy atom. The van der Waals surface area contributed by atoms with Crippen LogP contribution in [0.1, 0.15) is 25.3 Å². The van der Waals surface area contributed by atoms with Crippen molar-refractivity contribution in [3.63, 3.8) is 0 Å². The molecular formula is C9H10BrF. The van der Waals surface area contributed by atoms with E-state index in [0.29, 0.717) is 5.92 Å². The zero-order valence-electron chi connectivity index (χ0n) is 6.57. The van der Waals surface area contributed by atoms with E-state index in [1.807, 2.05) is 19.9 Å². The van der Waals surface area contributed by atoms with Crippen LogP contribution in [0.25, 0.3) is 0 Å². The second-order valence-corrected chi connectivity index (χ2v) is 3.77. The summed E-state index contributed by atoms with van der Waals surface area (Å²) >= 11 is 3.24. The molecule has 0 aliphatic carbocycles. The number of hydrogen-bond donors (Lipinski definition) is 0. The van der Waals surface area contributed by atoms with E-state index in [-0.39, 0.29) is 5.82 Å². The van der Waals surface area contributed by atoms with Crippen LogP contribution in [0.4, 0.5) is 4.39 Å². The first kappa shape index (κ1) is 8.72. The Bertz CT molecular complexity index is 235. The molecule has 0 fully saturated rings. The molecule has 0 amide bonds. The molecule has 0 nitrogen and oxygen atoms in total. The summed E-state index contributed by atoms with van der Waals surface area (Å²) in [5.74, 6) is 0.199. The highest BCUT2D eigenvalue weighted by molar-refractivity contribution is 9.10. The van der Waals surface area contributed by atoms with E-state index in [2.05, 4.69) is 15.9 Å². The molecule has 1 rings (SSSR count). The van der Waals surface area contributed by atoms with Crippen LogP contribution in [0.15, 0.2) is 22.7 Å². The quantitative estimate of drug-likeness (QED) is 0.672. The molecule has 0 bridgehead atoms. The number of halogens is 2. The summed E-state index contributed by atoms with van der Waals surface area (Å²) in [5, 5.41) is 0. The molecule has 0 heterocycles. The zero-order chi connectivity index (χ0) is 8.43. The van der Waals surface area contributed by atoms with Gasteiger partial charge in [-0.05, 0) is 29.7 Å². The smallest absolute Gasteiger partial charge is 0.124 e. The molecule has 0 aliphatic rings. The summed E-state index contributed by atoms with van der Waals surface area (Å²) in [4.78, 5) is 0. The highest BCUT2D eigenvalue weighted by Gasteiger charge is 2.01. The normalized spacial score (nSPS) is 10.6. The molecule has 0 spiro atoms. The Hall–Kier alpha value is -0.370. The van der Waals surface area contributed by atoms with Gasteiger partial charge in [0.15, 0.2) is 0 Å². The van der Waals surface area contributed by atoms with Crippen LogP contribution in [-0.2, 0) is 0 Å². The lowest BCUT2D eigenvalue weighted by Crippen LogP contribution is -1.88. The maximum atomic E-state index is 12.8. The average molecular weight is 217 g/mol. The zero-order valence-corrected chi connectivity index (χ0v) is 8.15. The van der Waals surface area contributed by atoms with E-state index in [1.54, 1.807) is 6.07 Å². The fourth-order valence-corrected chi connectivity index (χ4v) is 1.39. The third kappa shape index (κ3) is 2.29. The van der Waals surface area contributed by atoms with Crippen molar-refractivity contribution in [2.75, 3.05) is 0 Å². The first-order valence-corrected chi connectivity index (χ1v) is 4.35. The van der Waals surface area contributed by atoms with Crippen LogP contribution in [0.5, 0.6) is 0 Å². The van der Waals surface area contributed by atoms with Gasteiger partial charge in [-0.1, -0.05) is 29.8 Å². The van der Waals surface area contributed by atoms with E-state index in [4.69, 9.17) is 0 Å². The third-order valence-corrected chi connectivity index (χ3v) is 2.01. The van der Waals surface area contributed by atoms with Gasteiger partial charge < -0.3 is 0 Å². The molecule has 0 radical (unpaired) electrons. The van der Waals surface area contributed by atoms with Crippen LogP contribution in [0, 0.1) is 5.82 Å². The van der Waals surface area contributed by atoms with Crippen molar-refractivity contribution in [1.82, 2.24) is 0 Å². The molecule has 1 aromatic rings. The second kappa shape index (κ2) is 3.35. The van der Waals surface area contributed by atoms with Gasteiger partial charge in [-0.15, -0.1) is 0 Å². The standard InChI is InChI=1S/C9H10BrF/c1-6(2)7-3-8(10)5-9(11)4-7/h3-6H,1-2H3. The minimum absolute atomic E-state index is 0.178. The minimum Gasteiger partial charge on any atom is -0.207 e. The Labute approximate surface area is 74.6 Å². The maximum absolute atomic E-state index is 12.8. The fraction of sp³-hybridized carbons (Fsp3) is 0.333. The molecule has 0 N–H and O–H groups in total. The Morgan fingerprint density at radius 2 is 1.91 bits per heavy atom. The lowest BCUT2D eigenvalue weighted by molar-refractivity contribution is 0.622. The predicted molar refractivity (Wildman–Crippen MR) is 48.2 cm³/mol. The third-order valence-electron chi connectivity index (χ3n) is 1.55. The van der Waals surface area contributed by atoms with E-state index in [0.717, 1.165) is 10.0 Å². The number of benzene rings is 1. The highest BCUT2D eigenvalue weighted by atomic mass is 79.9. The van der Waals surface area contributed by atoms with Crippen molar-refractivity contribution in [2.45, 2.75) is 19.8 Å². The van der Waals surface area contributed by atoms with Crippen LogP contribution in [0.3, 0.4) is 0 Å². The first-order valence-electron chi connectivity index (χ1n) is 3.55. The van der Waals surface area contributed by atoms with Crippen molar-refractivity contribution in [2.24, 2.45) is 0 Å². The van der Waals surface area contributed by atoms with Gasteiger partial charge in [-0.2, -0.15) is 0 Å². The topological polar surface area (TPSA) is 0 Å². The molecular weight excluding hydrogens is 207 g/mol. The van der Waals surface area contributed by atoms with Crippen molar-refractivity contribution >= 4 is 15.9 Å². The van der Waals surface area contributed by atoms with Crippen LogP contribution < -0.4 is 0 Å². The van der Waals surface area contributed by atoms with Crippen LogP contribution in [0.2, 0.25) is 0 Å². The lowest BCUT2D eigenvalue weighted by Gasteiger charge is -2.05. The molecule has 0 unspecified atom stereocenters. The van der Waals surface area contributed by atoms with Gasteiger partial charge in [0.25, 0.3) is 0 Å². The maximum Gasteiger partial charge on any atom is 0.124 e. The van der Waals surface area contributed by atoms with Crippen LogP contribution >= 0.6 is 15.9 Å². The Morgan fingerprint density at radius 3 is 2.36 bits per heavy atom. The molecule has 2 heteroatoms. The van der Waals surface area contributed by atoms with E-state index in [9.17, 15) is 4.39 Å². The largest absolute Gasteiger partial charge is 0.207 e. The van der Waals surface area contributed by atoms with Gasteiger partial charge >= 0.3 is 0 Å². The summed E-state index contributed by atoms with van der Waals surface area (Å²) in [6.07, 6.45) is 0. The van der Waals surface area contributed by atoms with Gasteiger partial charge in [0.1, 0.15) is 5.82 Å². The van der Waals surface area contributed by atoms with Crippen molar-refractivity contribution < 1.29 is 4.39 Å². The SMILES string of the molecule is CC(C)c1cc(F)cc(Br)c1. The molecule has 0 aromatic heterocycles. The molecule has 11 heavy (non-hydrogen) atoms. The summed E-state index contributed by atoms with van der Waals surface area (Å²) in [7, 11) is 0. The summed E-state index contributed by atoms with van der Waals surface area (Å²) in [5.41, 5.74) is 1.02. The monoisotopic (exact) mass is 216 g/mol. The number of rotatable bonds is 1. The molecule has 60 valence electrons. The van der Waals surface area contributed by atoms with E-state index < -0.39 is 0 Å². The molecule has 1 aromatic carbocycles. The second-order valence-electron chi connectivity index (χ2n) is 2.86. The predicted octanol–water partition coefficient (Wildman–Crippen LogP) is 3.71. The fourth-order valence-electron chi connectivity index (χ4n) is 0.908. The molecule has 0 saturated carbocycles. The van der Waals surface area contributed by atoms with Crippen molar-refractivity contribution in [3.8, 4) is 0 Å². The molecule has 0 saturated heterocycles. The highest BCUT2D eigenvalue weighted by Crippen LogP contribution is 2.20. The van der Waals surface area contributed by atoms with Crippen molar-refractivity contribution in [3.05, 3.63) is 34.1 Å². The van der Waals surface area contributed by atoms with E-state index >= 15 is 0 Å². The summed E-state index contributed by atoms with van der Waals surface area (Å²) in [6, 6.07) is 4.97. The summed E-state index contributed by atoms with van der Waals surface area (Å²) < 4.78 is 13.6. The van der Waals surface area contributed by atoms with Gasteiger partial charge in [-0.25, -0.2) is 4.39 Å².